The second kappa shape index (κ2) is 24.2. The highest BCUT2D eigenvalue weighted by Crippen LogP contribution is 2.47. The van der Waals surface area contributed by atoms with Crippen LogP contribution in [0.4, 0.5) is 0 Å². The van der Waals surface area contributed by atoms with Gasteiger partial charge in [-0.3, -0.25) is 0 Å². The quantitative estimate of drug-likeness (QED) is 0.135. The van der Waals surface area contributed by atoms with E-state index in [-0.39, 0.29) is 40.3 Å². The van der Waals surface area contributed by atoms with E-state index >= 15 is 0 Å². The Morgan fingerprint density at radius 1 is 0.125 bits per heavy atom. The van der Waals surface area contributed by atoms with E-state index in [2.05, 4.69) is 158 Å². The van der Waals surface area contributed by atoms with Crippen LogP contribution in [0.3, 0.4) is 0 Å². The SMILES string of the molecule is c1ccc2c(c1)Oc1cccc3c1B2c1c(ccc2c4c(ccc12)Oc1cccc2c1B4c1ccccc1O2)O3.c1ccc2c(c1)Oc1cccc3c1B2c1cc2cc4c(cc2cc1O3)B1c2ccccc2Oc2cccc(c21)O4.c1ccc2c(c1)Oc1cccc3c1B2c1ccc2c4c(ccc2c1O3)B1c2ccccc2Oc2cccc(c21)O4. The van der Waals surface area contributed by atoms with Gasteiger partial charge in [-0.25, -0.2) is 0 Å². The third kappa shape index (κ3) is 9.05. The Kier molecular flexibility index (Phi) is 13.1. The molecule has 0 aromatic heterocycles. The van der Waals surface area contributed by atoms with Crippen molar-refractivity contribution in [2.75, 3.05) is 0 Å². The first-order valence-corrected chi connectivity index (χ1v) is 40.7. The van der Waals surface area contributed by atoms with Crippen molar-refractivity contribution < 1.29 is 56.8 Å². The molecule has 0 unspecified atom stereocenters. The molecule has 0 fully saturated rings. The predicted molar refractivity (Wildman–Crippen MR) is 478 cm³/mol. The molecule has 18 aromatic rings. The van der Waals surface area contributed by atoms with Crippen LogP contribution in [0.15, 0.2) is 328 Å². The van der Waals surface area contributed by atoms with E-state index in [9.17, 15) is 0 Å². The van der Waals surface area contributed by atoms with Gasteiger partial charge >= 0.3 is 0 Å². The van der Waals surface area contributed by atoms with Crippen molar-refractivity contribution in [2.24, 2.45) is 0 Å². The molecule has 0 bridgehead atoms. The number of fused-ring (bicyclic) bond motifs is 31. The summed E-state index contributed by atoms with van der Waals surface area (Å²) >= 11 is 0. The summed E-state index contributed by atoms with van der Waals surface area (Å²) in [6.45, 7) is 0.129. The van der Waals surface area contributed by atoms with Crippen LogP contribution in [0.2, 0.25) is 0 Å². The zero-order valence-corrected chi connectivity index (χ0v) is 63.5. The van der Waals surface area contributed by atoms with E-state index in [0.29, 0.717) is 0 Å². The molecular weight excluding hydrogens is 1480 g/mol. The summed E-state index contributed by atoms with van der Waals surface area (Å²) in [5.74, 6) is 20.8. The van der Waals surface area contributed by atoms with Crippen molar-refractivity contribution in [2.45, 2.75) is 0 Å². The average molecular weight is 1540 g/mol. The third-order valence-corrected chi connectivity index (χ3v) is 26.2. The number of benzene rings is 18. The molecule has 0 N–H and O–H groups in total. The Labute approximate surface area is 689 Å². The van der Waals surface area contributed by atoms with Gasteiger partial charge < -0.3 is 56.8 Å². The van der Waals surface area contributed by atoms with E-state index in [0.717, 1.165) is 269 Å². The molecule has 12 aliphatic heterocycles. The Bertz CT molecular complexity index is 7100. The average Bonchev–Trinajstić information content (AvgIpc) is 0.696. The van der Waals surface area contributed by atoms with Crippen LogP contribution in [-0.4, -0.2) is 40.3 Å². The molecule has 120 heavy (non-hydrogen) atoms. The summed E-state index contributed by atoms with van der Waals surface area (Å²) < 4.78 is 77.5. The van der Waals surface area contributed by atoms with Gasteiger partial charge in [-0.05, 0) is 221 Å². The van der Waals surface area contributed by atoms with Gasteiger partial charge in [-0.1, -0.05) is 194 Å². The first kappa shape index (κ1) is 64.9. The Balaban J connectivity index is 0.0000000931. The third-order valence-electron chi connectivity index (χ3n) is 26.2. The molecule has 30 rings (SSSR count). The molecule has 0 amide bonds. The summed E-state index contributed by atoms with van der Waals surface area (Å²) in [4.78, 5) is 0. The van der Waals surface area contributed by atoms with Crippen LogP contribution in [-0.2, 0) is 0 Å². The van der Waals surface area contributed by atoms with E-state index in [1.807, 2.05) is 170 Å². The maximum atomic E-state index is 6.70. The lowest BCUT2D eigenvalue weighted by Gasteiger charge is -2.35. The normalized spacial score (nSPS) is 14.2. The van der Waals surface area contributed by atoms with Gasteiger partial charge in [0.1, 0.15) is 138 Å². The van der Waals surface area contributed by atoms with Gasteiger partial charge in [-0.15, -0.1) is 0 Å². The highest BCUT2D eigenvalue weighted by molar-refractivity contribution is 7.03. The lowest BCUT2D eigenvalue weighted by molar-refractivity contribution is 0.463. The summed E-state index contributed by atoms with van der Waals surface area (Å²) in [6.07, 6.45) is 0. The first-order valence-electron chi connectivity index (χ1n) is 40.7. The minimum Gasteiger partial charge on any atom is -0.458 e. The first-order chi connectivity index (χ1) is 59.5. The largest absolute Gasteiger partial charge is 0.458 e. The summed E-state index contributed by atoms with van der Waals surface area (Å²) in [5.41, 5.74) is 20.3. The molecule has 12 heterocycles. The van der Waals surface area contributed by atoms with Crippen LogP contribution in [0, 0.1) is 0 Å². The number of hydrogen-bond acceptors (Lipinski definition) is 12. The number of ether oxygens (including phenoxy) is 12. The van der Waals surface area contributed by atoms with Crippen molar-refractivity contribution in [1.82, 2.24) is 0 Å². The Morgan fingerprint density at radius 3 is 0.625 bits per heavy atom. The standard InChI is InChI=1S/3C34H18B2O4/c1-3-9-25-21(7-1)35-23-15-19-18-32-24(16-20(19)17-31(23)39-29-13-5-11-27(37-25)33(29)35)36-22-8-2-4-10-26(22)38-28-12-6-14-30(40-32)34(28)36;1-3-9-23-21(7-1)35-31-19-15-18-30-32(20(19)16-17-29(31)39-27-13-5-11-25(37-23)33(27)35)36-22-8-2-4-10-24(22)38-26-12-6-14-28(40-30)34(26)36;1-3-9-25-21(7-1)35-23-17-15-20-19(33(23)39-29-13-5-11-27(37-25)31(29)35)16-18-24-34(20)40-30-14-6-12-28-32(30)36(24)22-8-2-4-10-26(22)38-28/h3*1-18H. The summed E-state index contributed by atoms with van der Waals surface area (Å²) in [5, 5.41) is 6.63. The molecule has 18 heteroatoms. The van der Waals surface area contributed by atoms with E-state index < -0.39 is 0 Å². The lowest BCUT2D eigenvalue weighted by atomic mass is 9.33. The van der Waals surface area contributed by atoms with Gasteiger partial charge in [0, 0.05) is 43.5 Å². The molecule has 0 spiro atoms. The van der Waals surface area contributed by atoms with Crippen molar-refractivity contribution in [3.63, 3.8) is 0 Å². The molecule has 0 atom stereocenters. The van der Waals surface area contributed by atoms with E-state index in [4.69, 9.17) is 56.8 Å². The van der Waals surface area contributed by atoms with Gasteiger partial charge in [0.2, 0.25) is 0 Å². The fourth-order valence-corrected chi connectivity index (χ4v) is 21.2. The minimum atomic E-state index is -0.00372. The molecular formula is C102H54B6O12. The van der Waals surface area contributed by atoms with E-state index in [1.165, 1.54) is 0 Å². The van der Waals surface area contributed by atoms with Gasteiger partial charge in [0.25, 0.3) is 40.3 Å². The number of hydrogen-bond donors (Lipinski definition) is 0. The highest BCUT2D eigenvalue weighted by Gasteiger charge is 2.49. The monoisotopic (exact) mass is 1540 g/mol. The topological polar surface area (TPSA) is 111 Å². The molecule has 0 aliphatic carbocycles. The molecule has 0 saturated heterocycles. The summed E-state index contributed by atoms with van der Waals surface area (Å²) in [7, 11) is 0. The zero-order chi connectivity index (χ0) is 77.8. The Hall–Kier alpha value is -15.3. The van der Waals surface area contributed by atoms with Crippen molar-refractivity contribution in [3.05, 3.63) is 328 Å². The van der Waals surface area contributed by atoms with E-state index in [1.54, 1.807) is 0 Å². The van der Waals surface area contributed by atoms with Crippen LogP contribution < -0.4 is 155 Å². The fourth-order valence-electron chi connectivity index (χ4n) is 21.2. The lowest BCUT2D eigenvalue weighted by Crippen LogP contribution is -2.59. The smallest absolute Gasteiger partial charge is 0.261 e. The molecule has 12 nitrogen and oxygen atoms in total. The van der Waals surface area contributed by atoms with Crippen LogP contribution in [0.5, 0.6) is 138 Å². The second-order valence-corrected chi connectivity index (χ2v) is 32.3. The highest BCUT2D eigenvalue weighted by atomic mass is 16.5. The van der Waals surface area contributed by atoms with Crippen LogP contribution in [0.25, 0.3) is 32.3 Å². The minimum absolute atomic E-state index is 0.00372. The van der Waals surface area contributed by atoms with Crippen LogP contribution in [0.1, 0.15) is 0 Å². The molecule has 552 valence electrons. The maximum Gasteiger partial charge on any atom is 0.261 e. The van der Waals surface area contributed by atoms with Gasteiger partial charge in [0.05, 0.1) is 0 Å². The number of para-hydroxylation sites is 6. The maximum absolute atomic E-state index is 6.70. The molecule has 18 aromatic carbocycles. The van der Waals surface area contributed by atoms with Gasteiger partial charge in [0.15, 0.2) is 0 Å². The molecule has 0 radical (unpaired) electrons. The van der Waals surface area contributed by atoms with Crippen LogP contribution >= 0.6 is 0 Å². The molecule has 0 saturated carbocycles. The van der Waals surface area contributed by atoms with Gasteiger partial charge in [-0.2, -0.15) is 0 Å². The van der Waals surface area contributed by atoms with Crippen molar-refractivity contribution in [1.29, 1.82) is 0 Å². The number of rotatable bonds is 0. The fraction of sp³-hybridized carbons (Fsp3) is 0. The van der Waals surface area contributed by atoms with Crippen molar-refractivity contribution >= 4 is 171 Å². The Morgan fingerprint density at radius 2 is 0.333 bits per heavy atom. The zero-order valence-electron chi connectivity index (χ0n) is 63.5. The molecule has 12 aliphatic rings. The second-order valence-electron chi connectivity index (χ2n) is 32.3. The summed E-state index contributed by atoms with van der Waals surface area (Å²) in [6, 6.07) is 113. The van der Waals surface area contributed by atoms with Crippen molar-refractivity contribution in [3.8, 4) is 138 Å². The predicted octanol–water partition coefficient (Wildman–Crippen LogP) is 12.9.